The highest BCUT2D eigenvalue weighted by Crippen LogP contribution is 2.65. The molecule has 1 saturated carbocycles. The lowest BCUT2D eigenvalue weighted by atomic mass is 10.0. The lowest BCUT2D eigenvalue weighted by Gasteiger charge is -2.16. The topological polar surface area (TPSA) is 84.5 Å². The second-order valence-corrected chi connectivity index (χ2v) is 12.4. The van der Waals surface area contributed by atoms with Crippen LogP contribution >= 0.6 is 50.7 Å². The van der Waals surface area contributed by atoms with Gasteiger partial charge in [-0.3, -0.25) is 19.1 Å². The summed E-state index contributed by atoms with van der Waals surface area (Å²) in [6.45, 7) is 0.774. The van der Waals surface area contributed by atoms with E-state index >= 15 is 4.39 Å². The number of ketones is 1. The van der Waals surface area contributed by atoms with E-state index in [9.17, 15) is 36.3 Å². The van der Waals surface area contributed by atoms with Gasteiger partial charge in [0, 0.05) is 23.6 Å². The van der Waals surface area contributed by atoms with Crippen molar-refractivity contribution in [2.45, 2.75) is 36.1 Å². The van der Waals surface area contributed by atoms with Gasteiger partial charge in [-0.2, -0.15) is 0 Å². The highest BCUT2D eigenvalue weighted by atomic mass is 79.9. The first kappa shape index (κ1) is 34.0. The quantitative estimate of drug-likeness (QED) is 0.171. The fourth-order valence-electron chi connectivity index (χ4n) is 4.40. The molecule has 1 aliphatic carbocycles. The molecule has 1 aliphatic rings. The van der Waals surface area contributed by atoms with E-state index in [1.165, 1.54) is 30.3 Å². The highest BCUT2D eigenvalue weighted by molar-refractivity contribution is 9.10. The SMILES string of the molecule is CC(OC(F)(F)F)C(=O)Cc1c(F)ccc(NC(=O)c2cc(NC(=O)[C@H]3[C@H](c4ccc(F)c(Br)c4)C3(Cl)Cl)ccc2Cl)c1F. The standard InChI is InChI=1S/C28H18BrCl3F6N2O4/c1-11(44-28(36,37)38)21(41)10-15-18(33)6-7-20(24(15)35)40-25(42)14-9-13(3-4-17(14)30)39-26(43)23-22(27(23,31)32)12-2-5-19(34)16(29)8-12/h2-9,11,22-23H,10H2,1H3,(H,39,43)(H,40,42)/t11?,22-,23+/m0/s1. The second kappa shape index (κ2) is 12.9. The minimum Gasteiger partial charge on any atom is -0.326 e. The molecular formula is C28H18BrCl3F6N2O4. The van der Waals surface area contributed by atoms with Crippen molar-refractivity contribution in [3.63, 3.8) is 0 Å². The van der Waals surface area contributed by atoms with Crippen LogP contribution in [0.3, 0.4) is 0 Å². The molecule has 3 atom stereocenters. The predicted octanol–water partition coefficient (Wildman–Crippen LogP) is 8.33. The number of Topliss-reactive ketones (excluding diaryl/α,β-unsaturated/α-hetero) is 1. The van der Waals surface area contributed by atoms with Crippen molar-refractivity contribution in [2.75, 3.05) is 10.6 Å². The Morgan fingerprint density at radius 2 is 1.66 bits per heavy atom. The van der Waals surface area contributed by atoms with Gasteiger partial charge in [0.05, 0.1) is 26.7 Å². The van der Waals surface area contributed by atoms with Crippen LogP contribution < -0.4 is 10.6 Å². The van der Waals surface area contributed by atoms with E-state index in [1.807, 2.05) is 0 Å². The van der Waals surface area contributed by atoms with Crippen molar-refractivity contribution in [1.29, 1.82) is 0 Å². The molecule has 234 valence electrons. The lowest BCUT2D eigenvalue weighted by molar-refractivity contribution is -0.335. The van der Waals surface area contributed by atoms with Gasteiger partial charge in [0.1, 0.15) is 22.1 Å². The third kappa shape index (κ3) is 7.51. The summed E-state index contributed by atoms with van der Waals surface area (Å²) in [5.74, 6) is -7.69. The van der Waals surface area contributed by atoms with Crippen LogP contribution in [0.4, 0.5) is 37.7 Å². The van der Waals surface area contributed by atoms with Gasteiger partial charge < -0.3 is 10.6 Å². The van der Waals surface area contributed by atoms with E-state index in [2.05, 4.69) is 31.3 Å². The first-order valence-corrected chi connectivity index (χ1v) is 14.3. The first-order valence-electron chi connectivity index (χ1n) is 12.4. The Balaban J connectivity index is 1.49. The van der Waals surface area contributed by atoms with Gasteiger partial charge in [-0.05, 0) is 70.9 Å². The van der Waals surface area contributed by atoms with E-state index in [0.29, 0.717) is 11.6 Å². The van der Waals surface area contributed by atoms with Gasteiger partial charge in [-0.15, -0.1) is 36.4 Å². The summed E-state index contributed by atoms with van der Waals surface area (Å²) < 4.78 is 82.6. The zero-order valence-electron chi connectivity index (χ0n) is 22.0. The zero-order chi connectivity index (χ0) is 32.7. The van der Waals surface area contributed by atoms with Crippen molar-refractivity contribution in [3.05, 3.63) is 92.2 Å². The number of rotatable bonds is 9. The number of benzene rings is 3. The van der Waals surface area contributed by atoms with E-state index in [-0.39, 0.29) is 20.7 Å². The lowest BCUT2D eigenvalue weighted by Crippen LogP contribution is -2.30. The molecule has 16 heteroatoms. The molecule has 4 rings (SSSR count). The Kier molecular flexibility index (Phi) is 9.96. The van der Waals surface area contributed by atoms with Gasteiger partial charge in [-0.1, -0.05) is 17.7 Å². The summed E-state index contributed by atoms with van der Waals surface area (Å²) in [6, 6.07) is 9.41. The molecule has 2 amide bonds. The first-order chi connectivity index (χ1) is 20.4. The zero-order valence-corrected chi connectivity index (χ0v) is 25.8. The second-order valence-electron chi connectivity index (χ2n) is 9.68. The minimum atomic E-state index is -5.15. The molecule has 0 bridgehead atoms. The number of carbonyl (C=O) groups is 3. The number of carbonyl (C=O) groups excluding carboxylic acids is 3. The molecular weight excluding hydrogens is 729 g/mol. The normalized spacial score (nSPS) is 18.0. The molecule has 0 heterocycles. The fourth-order valence-corrected chi connectivity index (χ4v) is 5.83. The number of hydrogen-bond acceptors (Lipinski definition) is 4. The summed E-state index contributed by atoms with van der Waals surface area (Å²) in [4.78, 5) is 38.1. The molecule has 3 aromatic rings. The van der Waals surface area contributed by atoms with Crippen LogP contribution in [-0.4, -0.2) is 34.4 Å². The Morgan fingerprint density at radius 1 is 1.00 bits per heavy atom. The van der Waals surface area contributed by atoms with E-state index < -0.39 is 81.4 Å². The van der Waals surface area contributed by atoms with Crippen LogP contribution in [0.25, 0.3) is 0 Å². The van der Waals surface area contributed by atoms with E-state index in [4.69, 9.17) is 34.8 Å². The summed E-state index contributed by atoms with van der Waals surface area (Å²) in [5.41, 5.74) is -1.17. The smallest absolute Gasteiger partial charge is 0.326 e. The predicted molar refractivity (Wildman–Crippen MR) is 154 cm³/mol. The highest BCUT2D eigenvalue weighted by Gasteiger charge is 2.67. The summed E-state index contributed by atoms with van der Waals surface area (Å²) in [5, 5.41) is 4.60. The van der Waals surface area contributed by atoms with Gasteiger partial charge in [0.15, 0.2) is 11.6 Å². The van der Waals surface area contributed by atoms with E-state index in [1.54, 1.807) is 0 Å². The Bertz CT molecular complexity index is 1660. The number of hydrogen-bond donors (Lipinski definition) is 2. The maximum atomic E-state index is 15.1. The van der Waals surface area contributed by atoms with Crippen molar-refractivity contribution >= 4 is 79.7 Å². The molecule has 0 aliphatic heterocycles. The van der Waals surface area contributed by atoms with Gasteiger partial charge in [0.2, 0.25) is 5.91 Å². The van der Waals surface area contributed by atoms with Gasteiger partial charge in [-0.25, -0.2) is 13.2 Å². The van der Waals surface area contributed by atoms with Crippen molar-refractivity contribution < 1.29 is 45.5 Å². The molecule has 0 aromatic heterocycles. The number of amides is 2. The monoisotopic (exact) mass is 744 g/mol. The van der Waals surface area contributed by atoms with Crippen LogP contribution in [0.15, 0.2) is 53.0 Å². The van der Waals surface area contributed by atoms with Gasteiger partial charge in [0.25, 0.3) is 5.91 Å². The van der Waals surface area contributed by atoms with Crippen LogP contribution in [0.5, 0.6) is 0 Å². The molecule has 2 N–H and O–H groups in total. The third-order valence-corrected chi connectivity index (χ3v) is 8.54. The van der Waals surface area contributed by atoms with Crippen molar-refractivity contribution in [1.82, 2.24) is 0 Å². The average Bonchev–Trinajstić information content (AvgIpc) is 3.51. The van der Waals surface area contributed by atoms with Crippen LogP contribution in [0, 0.1) is 23.4 Å². The number of nitrogens with one attached hydrogen (secondary N) is 2. The van der Waals surface area contributed by atoms with E-state index in [0.717, 1.165) is 19.1 Å². The molecule has 1 fully saturated rings. The third-order valence-electron chi connectivity index (χ3n) is 6.67. The summed E-state index contributed by atoms with van der Waals surface area (Å²) >= 11 is 21.9. The van der Waals surface area contributed by atoms with Gasteiger partial charge >= 0.3 is 6.36 Å². The molecule has 0 radical (unpaired) electrons. The maximum absolute atomic E-state index is 15.1. The number of alkyl halides is 5. The number of anilines is 2. The molecule has 3 aromatic carbocycles. The van der Waals surface area contributed by atoms with Crippen LogP contribution in [-0.2, 0) is 20.7 Å². The molecule has 0 spiro atoms. The molecule has 44 heavy (non-hydrogen) atoms. The van der Waals surface area contributed by atoms with Crippen molar-refractivity contribution in [2.24, 2.45) is 5.92 Å². The Morgan fingerprint density at radius 3 is 2.30 bits per heavy atom. The van der Waals surface area contributed by atoms with Crippen molar-refractivity contribution in [3.8, 4) is 0 Å². The van der Waals surface area contributed by atoms with Crippen LogP contribution in [0.1, 0.15) is 34.3 Å². The minimum absolute atomic E-state index is 0.0733. The number of ether oxygens (including phenoxy) is 1. The average molecular weight is 747 g/mol. The largest absolute Gasteiger partial charge is 0.523 e. The molecule has 6 nitrogen and oxygen atoms in total. The Labute approximate surface area is 269 Å². The fraction of sp³-hybridized carbons (Fsp3) is 0.250. The maximum Gasteiger partial charge on any atom is 0.523 e. The van der Waals surface area contributed by atoms with Crippen LogP contribution in [0.2, 0.25) is 5.02 Å². The summed E-state index contributed by atoms with van der Waals surface area (Å²) in [6.07, 6.45) is -8.29. The molecule has 1 unspecified atom stereocenters. The summed E-state index contributed by atoms with van der Waals surface area (Å²) in [7, 11) is 0. The number of halogens is 10. The molecule has 0 saturated heterocycles. The Hall–Kier alpha value is -2.84.